The zero-order chi connectivity index (χ0) is 23.6. The number of alkyl halides is 3. The van der Waals surface area contributed by atoms with E-state index in [0.717, 1.165) is 12.1 Å². The Morgan fingerprint density at radius 2 is 1.78 bits per heavy atom. The zero-order valence-electron chi connectivity index (χ0n) is 16.7. The maximum atomic E-state index is 12.9. The molecule has 1 amide bonds. The number of hydrogen-bond donors (Lipinski definition) is 0. The van der Waals surface area contributed by atoms with Gasteiger partial charge in [0.2, 0.25) is 0 Å². The second-order valence-electron chi connectivity index (χ2n) is 7.11. The molecule has 1 atom stereocenters. The highest BCUT2D eigenvalue weighted by Crippen LogP contribution is 2.37. The van der Waals surface area contributed by atoms with Gasteiger partial charge in [-0.05, 0) is 37.3 Å². The van der Waals surface area contributed by atoms with Crippen LogP contribution in [0.1, 0.15) is 12.5 Å². The molecule has 1 aliphatic heterocycles. The largest absolute Gasteiger partial charge is 0.479 e. The third-order valence-corrected chi connectivity index (χ3v) is 5.51. The van der Waals surface area contributed by atoms with E-state index in [1.54, 1.807) is 24.0 Å². The molecule has 3 rings (SSSR count). The molecule has 12 heteroatoms. The first-order valence-corrected chi connectivity index (χ1v) is 10.2. The number of anilines is 1. The molecule has 1 unspecified atom stereocenters. The monoisotopic (exact) mass is 491 g/mol. The van der Waals surface area contributed by atoms with Crippen LogP contribution >= 0.6 is 23.2 Å². The number of nitrogens with zero attached hydrogens (tertiary/aromatic N) is 3. The number of halogens is 5. The fraction of sp³-hybridized carbons (Fsp3) is 0.350. The van der Waals surface area contributed by atoms with Crippen LogP contribution in [0.25, 0.3) is 0 Å². The molecular formula is C20H18Cl2F3N3O4. The lowest BCUT2D eigenvalue weighted by atomic mass is 10.1. The fourth-order valence-corrected chi connectivity index (χ4v) is 3.80. The summed E-state index contributed by atoms with van der Waals surface area (Å²) in [5, 5.41) is 12.0. The summed E-state index contributed by atoms with van der Waals surface area (Å²) in [7, 11) is 0. The van der Waals surface area contributed by atoms with E-state index in [9.17, 15) is 28.1 Å². The highest BCUT2D eigenvalue weighted by atomic mass is 35.5. The standard InChI is InChI=1S/C20H18Cl2F3N3O4/c1-12(32-18-5-3-14(21)11-15(18)22)19(29)27-8-6-26(7-9-27)16-4-2-13(20(23,24)25)10-17(16)28(30)31/h2-5,10-12H,6-9H2,1H3. The Morgan fingerprint density at radius 3 is 2.34 bits per heavy atom. The molecule has 0 saturated carbocycles. The highest BCUT2D eigenvalue weighted by Gasteiger charge is 2.35. The van der Waals surface area contributed by atoms with Crippen molar-refractivity contribution in [1.82, 2.24) is 4.90 Å². The third-order valence-electron chi connectivity index (χ3n) is 4.98. The Morgan fingerprint density at radius 1 is 1.12 bits per heavy atom. The van der Waals surface area contributed by atoms with E-state index >= 15 is 0 Å². The van der Waals surface area contributed by atoms with Crippen LogP contribution in [-0.2, 0) is 11.0 Å². The van der Waals surface area contributed by atoms with Gasteiger partial charge in [-0.15, -0.1) is 0 Å². The summed E-state index contributed by atoms with van der Waals surface area (Å²) >= 11 is 11.9. The lowest BCUT2D eigenvalue weighted by molar-refractivity contribution is -0.384. The topological polar surface area (TPSA) is 75.9 Å². The number of ether oxygens (including phenoxy) is 1. The molecule has 0 radical (unpaired) electrons. The first-order chi connectivity index (χ1) is 15.0. The summed E-state index contributed by atoms with van der Waals surface area (Å²) < 4.78 is 44.4. The van der Waals surface area contributed by atoms with Crippen LogP contribution in [-0.4, -0.2) is 48.0 Å². The van der Waals surface area contributed by atoms with Gasteiger partial charge in [0, 0.05) is 37.3 Å². The quantitative estimate of drug-likeness (QED) is 0.432. The molecular weight excluding hydrogens is 474 g/mol. The molecule has 0 N–H and O–H groups in total. The van der Waals surface area contributed by atoms with Crippen LogP contribution in [0.2, 0.25) is 10.0 Å². The van der Waals surface area contributed by atoms with Crippen molar-refractivity contribution in [2.75, 3.05) is 31.1 Å². The molecule has 32 heavy (non-hydrogen) atoms. The van der Waals surface area contributed by atoms with Crippen molar-refractivity contribution in [3.8, 4) is 5.75 Å². The van der Waals surface area contributed by atoms with E-state index in [1.807, 2.05) is 0 Å². The normalized spacial score (nSPS) is 15.4. The van der Waals surface area contributed by atoms with Crippen molar-refractivity contribution in [2.24, 2.45) is 0 Å². The Bertz CT molecular complexity index is 1030. The lowest BCUT2D eigenvalue weighted by Crippen LogP contribution is -2.52. The Balaban J connectivity index is 1.67. The van der Waals surface area contributed by atoms with E-state index in [4.69, 9.17) is 27.9 Å². The maximum Gasteiger partial charge on any atom is 0.416 e. The second kappa shape index (κ2) is 9.41. The van der Waals surface area contributed by atoms with Gasteiger partial charge in [-0.3, -0.25) is 14.9 Å². The maximum absolute atomic E-state index is 12.9. The highest BCUT2D eigenvalue weighted by molar-refractivity contribution is 6.35. The van der Waals surface area contributed by atoms with Crippen LogP contribution in [0.5, 0.6) is 5.75 Å². The minimum Gasteiger partial charge on any atom is -0.479 e. The van der Waals surface area contributed by atoms with E-state index in [-0.39, 0.29) is 42.8 Å². The van der Waals surface area contributed by atoms with Gasteiger partial charge >= 0.3 is 6.18 Å². The molecule has 172 valence electrons. The van der Waals surface area contributed by atoms with E-state index in [1.165, 1.54) is 11.0 Å². The van der Waals surface area contributed by atoms with Gasteiger partial charge in [0.25, 0.3) is 11.6 Å². The molecule has 1 saturated heterocycles. The predicted octanol–water partition coefficient (Wildman–Crippen LogP) is 5.04. The molecule has 2 aromatic rings. The van der Waals surface area contributed by atoms with Gasteiger partial charge in [0.05, 0.1) is 15.5 Å². The number of benzene rings is 2. The minimum atomic E-state index is -4.68. The average Bonchev–Trinajstić information content (AvgIpc) is 2.74. The molecule has 1 fully saturated rings. The van der Waals surface area contributed by atoms with Crippen molar-refractivity contribution in [3.05, 3.63) is 62.1 Å². The number of carbonyl (C=O) groups is 1. The van der Waals surface area contributed by atoms with Crippen molar-refractivity contribution >= 4 is 40.5 Å². The first kappa shape index (κ1) is 23.9. The van der Waals surface area contributed by atoms with Crippen LogP contribution in [0, 0.1) is 10.1 Å². The molecule has 2 aromatic carbocycles. The summed E-state index contributed by atoms with van der Waals surface area (Å²) in [6.07, 6.45) is -5.53. The van der Waals surface area contributed by atoms with Crippen LogP contribution in [0.4, 0.5) is 24.5 Å². The number of hydrogen-bond acceptors (Lipinski definition) is 5. The predicted molar refractivity (Wildman–Crippen MR) is 113 cm³/mol. The third kappa shape index (κ3) is 5.36. The van der Waals surface area contributed by atoms with Crippen LogP contribution in [0.15, 0.2) is 36.4 Å². The molecule has 0 spiro atoms. The lowest BCUT2D eigenvalue weighted by Gasteiger charge is -2.36. The van der Waals surface area contributed by atoms with E-state index in [2.05, 4.69) is 0 Å². The number of carbonyl (C=O) groups excluding carboxylic acids is 1. The molecule has 0 bridgehead atoms. The molecule has 0 aliphatic carbocycles. The summed E-state index contributed by atoms with van der Waals surface area (Å²) in [6.45, 7) is 2.44. The number of piperazine rings is 1. The number of nitro benzene ring substituents is 1. The van der Waals surface area contributed by atoms with Gasteiger partial charge in [-0.25, -0.2) is 0 Å². The van der Waals surface area contributed by atoms with Crippen molar-refractivity contribution in [1.29, 1.82) is 0 Å². The Hall–Kier alpha value is -2.72. The summed E-state index contributed by atoms with van der Waals surface area (Å²) in [6, 6.07) is 7.05. The fourth-order valence-electron chi connectivity index (χ4n) is 3.35. The molecule has 7 nitrogen and oxygen atoms in total. The number of amides is 1. The molecule has 1 heterocycles. The summed E-state index contributed by atoms with van der Waals surface area (Å²) in [4.78, 5) is 26.3. The SMILES string of the molecule is CC(Oc1ccc(Cl)cc1Cl)C(=O)N1CCN(c2ccc(C(F)(F)F)cc2[N+](=O)[O-])CC1. The van der Waals surface area contributed by atoms with Gasteiger partial charge in [0.1, 0.15) is 11.4 Å². The number of rotatable bonds is 5. The van der Waals surface area contributed by atoms with Crippen molar-refractivity contribution in [2.45, 2.75) is 19.2 Å². The smallest absolute Gasteiger partial charge is 0.416 e. The Labute approximate surface area is 191 Å². The van der Waals surface area contributed by atoms with Gasteiger partial charge < -0.3 is 14.5 Å². The molecule has 1 aliphatic rings. The van der Waals surface area contributed by atoms with Crippen molar-refractivity contribution < 1.29 is 27.6 Å². The number of nitro groups is 1. The average molecular weight is 492 g/mol. The minimum absolute atomic E-state index is 0.0762. The van der Waals surface area contributed by atoms with Crippen molar-refractivity contribution in [3.63, 3.8) is 0 Å². The summed E-state index contributed by atoms with van der Waals surface area (Å²) in [5.41, 5.74) is -1.64. The van der Waals surface area contributed by atoms with Gasteiger partial charge in [-0.2, -0.15) is 13.2 Å². The van der Waals surface area contributed by atoms with Crippen LogP contribution < -0.4 is 9.64 Å². The first-order valence-electron chi connectivity index (χ1n) is 9.48. The summed E-state index contributed by atoms with van der Waals surface area (Å²) in [5.74, 6) is -0.00600. The zero-order valence-corrected chi connectivity index (χ0v) is 18.2. The second-order valence-corrected chi connectivity index (χ2v) is 7.95. The van der Waals surface area contributed by atoms with Gasteiger partial charge in [-0.1, -0.05) is 23.2 Å². The Kier molecular flexibility index (Phi) is 7.04. The van der Waals surface area contributed by atoms with E-state index in [0.29, 0.717) is 16.8 Å². The van der Waals surface area contributed by atoms with Gasteiger partial charge in [0.15, 0.2) is 6.10 Å². The van der Waals surface area contributed by atoms with Crippen LogP contribution in [0.3, 0.4) is 0 Å². The molecule has 0 aromatic heterocycles. The van der Waals surface area contributed by atoms with E-state index < -0.39 is 28.5 Å².